The van der Waals surface area contributed by atoms with Gasteiger partial charge < -0.3 is 30.0 Å². The molecular weight excluding hydrogens is 603 g/mol. The summed E-state index contributed by atoms with van der Waals surface area (Å²) < 4.78 is 0. The molecular formula is C35H52CoN2O6. The number of phenols is 2. The van der Waals surface area contributed by atoms with Crippen LogP contribution in [0.25, 0.3) is 0 Å². The van der Waals surface area contributed by atoms with Gasteiger partial charge in [-0.3, -0.25) is 9.98 Å². The van der Waals surface area contributed by atoms with Gasteiger partial charge in [-0.15, -0.1) is 0 Å². The number of rotatable bonds is 12. The normalized spacial score (nSPS) is 13.5. The van der Waals surface area contributed by atoms with Gasteiger partial charge in [0.25, 0.3) is 0 Å². The van der Waals surface area contributed by atoms with Crippen molar-refractivity contribution >= 4 is 24.4 Å². The second kappa shape index (κ2) is 22.4. The Morgan fingerprint density at radius 1 is 0.659 bits per heavy atom. The summed E-state index contributed by atoms with van der Waals surface area (Å²) in [5.74, 6) is -0.130. The second-order valence-electron chi connectivity index (χ2n) is 11.1. The van der Waals surface area contributed by atoms with Crippen molar-refractivity contribution in [3.8, 4) is 11.5 Å². The zero-order valence-corrected chi connectivity index (χ0v) is 29.1. The standard InChI is InChI=1S/C31H46N2O2.2C2H4O2.Co/c1-9-20(5)24-13-26(30(34)28(15-24)22(7)11-3)17-32-19-33-18-27-14-25(21(6)10-2)16-29(31(27)35)23(8)12-4;2*1-2(3)4;/h13-18,20-23,34-35H,9-12,19H2,1-8H3;2*1H3,(H,3,4);/q;;;+2/p-2. The molecule has 2 aromatic rings. The van der Waals surface area contributed by atoms with Crippen LogP contribution in [0.5, 0.6) is 11.5 Å². The minimum Gasteiger partial charge on any atom is -0.550 e. The van der Waals surface area contributed by atoms with Gasteiger partial charge in [0.2, 0.25) is 0 Å². The fraction of sp³-hybridized carbons (Fsp3) is 0.543. The Kier molecular flexibility index (Phi) is 21.8. The van der Waals surface area contributed by atoms with Gasteiger partial charge in [0, 0.05) is 35.5 Å². The van der Waals surface area contributed by atoms with Crippen molar-refractivity contribution in [2.45, 2.75) is 119 Å². The zero-order valence-electron chi connectivity index (χ0n) is 28.1. The summed E-state index contributed by atoms with van der Waals surface area (Å²) >= 11 is 0. The maximum atomic E-state index is 10.9. The average Bonchev–Trinajstić information content (AvgIpc) is 2.96. The van der Waals surface area contributed by atoms with E-state index >= 15 is 0 Å². The van der Waals surface area contributed by atoms with E-state index in [1.807, 2.05) is 12.1 Å². The summed E-state index contributed by atoms with van der Waals surface area (Å²) in [5, 5.41) is 39.6. The number of carboxylic acid groups (broad SMARTS) is 2. The van der Waals surface area contributed by atoms with Crippen LogP contribution in [-0.4, -0.2) is 41.2 Å². The number of benzene rings is 2. The fourth-order valence-electron chi connectivity index (χ4n) is 4.16. The van der Waals surface area contributed by atoms with E-state index < -0.39 is 11.9 Å². The predicted octanol–water partition coefficient (Wildman–Crippen LogP) is 6.16. The first-order valence-corrected chi connectivity index (χ1v) is 15.2. The van der Waals surface area contributed by atoms with Crippen LogP contribution in [0.1, 0.15) is 152 Å². The first kappa shape index (κ1) is 43.0. The minimum absolute atomic E-state index is 0. The molecule has 9 heteroatoms. The van der Waals surface area contributed by atoms with Gasteiger partial charge in [-0.1, -0.05) is 67.5 Å². The van der Waals surface area contributed by atoms with Crippen molar-refractivity contribution in [1.29, 1.82) is 0 Å². The number of hydrogen-bond acceptors (Lipinski definition) is 8. The Labute approximate surface area is 275 Å². The van der Waals surface area contributed by atoms with Crippen molar-refractivity contribution in [1.82, 2.24) is 0 Å². The molecule has 44 heavy (non-hydrogen) atoms. The van der Waals surface area contributed by atoms with Crippen LogP contribution in [0.15, 0.2) is 34.3 Å². The van der Waals surface area contributed by atoms with Gasteiger partial charge in [-0.25, -0.2) is 0 Å². The summed E-state index contributed by atoms with van der Waals surface area (Å²) in [5.41, 5.74) is 5.92. The molecule has 0 aliphatic carbocycles. The van der Waals surface area contributed by atoms with E-state index in [0.29, 0.717) is 23.3 Å². The quantitative estimate of drug-likeness (QED) is 0.262. The third-order valence-electron chi connectivity index (χ3n) is 7.66. The molecule has 0 spiro atoms. The first-order chi connectivity index (χ1) is 20.1. The van der Waals surface area contributed by atoms with Crippen molar-refractivity contribution < 1.29 is 46.8 Å². The fourth-order valence-corrected chi connectivity index (χ4v) is 4.16. The van der Waals surface area contributed by atoms with Crippen molar-refractivity contribution in [2.75, 3.05) is 6.67 Å². The number of carbonyl (C=O) groups is 2. The molecule has 0 fully saturated rings. The molecule has 2 aromatic carbocycles. The molecule has 2 N–H and O–H groups in total. The Hall–Kier alpha value is -3.17. The van der Waals surface area contributed by atoms with Gasteiger partial charge in [0.05, 0.1) is 0 Å². The smallest absolute Gasteiger partial charge is 0.550 e. The number of carbonyl (C=O) groups excluding carboxylic acids is 2. The number of aliphatic imine (C=N–C) groups is 2. The SMILES string of the molecule is CC(=O)[O-].CC(=O)[O-].CCC(C)c1cc(C=NCN=Cc2cc(C(C)CC)cc(C(C)CC)c2O)c(O)c(C(C)CC)c1.[Co+2]. The molecule has 0 heterocycles. The Bertz CT molecular complexity index is 1130. The number of carboxylic acids is 2. The molecule has 0 aliphatic heterocycles. The molecule has 0 amide bonds. The van der Waals surface area contributed by atoms with Crippen LogP contribution in [0.3, 0.4) is 0 Å². The molecule has 0 saturated carbocycles. The maximum absolute atomic E-state index is 10.9. The van der Waals surface area contributed by atoms with E-state index in [4.69, 9.17) is 19.8 Å². The van der Waals surface area contributed by atoms with Crippen LogP contribution in [0.2, 0.25) is 0 Å². The monoisotopic (exact) mass is 655 g/mol. The summed E-state index contributed by atoms with van der Waals surface area (Å²) in [6.07, 6.45) is 7.48. The second-order valence-corrected chi connectivity index (χ2v) is 11.1. The molecule has 4 atom stereocenters. The van der Waals surface area contributed by atoms with E-state index in [1.165, 1.54) is 11.1 Å². The van der Waals surface area contributed by atoms with E-state index in [0.717, 1.165) is 61.8 Å². The summed E-state index contributed by atoms with van der Waals surface area (Å²) in [7, 11) is 0. The van der Waals surface area contributed by atoms with Crippen molar-refractivity contribution in [3.63, 3.8) is 0 Å². The van der Waals surface area contributed by atoms with Gasteiger partial charge in [0.15, 0.2) is 0 Å². The molecule has 1 radical (unpaired) electrons. The van der Waals surface area contributed by atoms with Crippen molar-refractivity contribution in [3.05, 3.63) is 57.6 Å². The molecule has 0 bridgehead atoms. The predicted molar refractivity (Wildman–Crippen MR) is 172 cm³/mol. The van der Waals surface area contributed by atoms with Gasteiger partial charge >= 0.3 is 16.8 Å². The summed E-state index contributed by atoms with van der Waals surface area (Å²) in [6, 6.07) is 8.38. The topological polar surface area (TPSA) is 145 Å². The molecule has 4 unspecified atom stereocenters. The van der Waals surface area contributed by atoms with E-state index in [1.54, 1.807) is 12.4 Å². The zero-order chi connectivity index (χ0) is 33.3. The number of aliphatic carboxylic acids is 2. The van der Waals surface area contributed by atoms with Crippen LogP contribution in [0.4, 0.5) is 0 Å². The Balaban J connectivity index is 0. The molecule has 8 nitrogen and oxygen atoms in total. The Morgan fingerprint density at radius 3 is 1.18 bits per heavy atom. The van der Waals surface area contributed by atoms with Gasteiger partial charge in [0.1, 0.15) is 18.2 Å². The average molecular weight is 656 g/mol. The minimum atomic E-state index is -1.08. The number of phenolic OH excluding ortho intramolecular Hbond substituents is 2. The van der Waals surface area contributed by atoms with Crippen LogP contribution in [-0.2, 0) is 26.4 Å². The van der Waals surface area contributed by atoms with Crippen molar-refractivity contribution in [2.24, 2.45) is 9.98 Å². The van der Waals surface area contributed by atoms with Gasteiger partial charge in [-0.2, -0.15) is 0 Å². The van der Waals surface area contributed by atoms with Crippen LogP contribution >= 0.6 is 0 Å². The number of nitrogens with zero attached hydrogens (tertiary/aromatic N) is 2. The third kappa shape index (κ3) is 15.0. The summed E-state index contributed by atoms with van der Waals surface area (Å²) in [4.78, 5) is 26.7. The number of hydrogen-bond donors (Lipinski definition) is 2. The van der Waals surface area contributed by atoms with Gasteiger partial charge in [-0.05, 0) is 97.6 Å². The molecule has 0 saturated heterocycles. The number of aromatic hydroxyl groups is 2. The van der Waals surface area contributed by atoms with E-state index in [2.05, 4.69) is 77.5 Å². The molecule has 247 valence electrons. The molecule has 2 rings (SSSR count). The van der Waals surface area contributed by atoms with E-state index in [9.17, 15) is 10.2 Å². The molecule has 0 aromatic heterocycles. The maximum Gasteiger partial charge on any atom is 2.00 e. The van der Waals surface area contributed by atoms with Crippen LogP contribution < -0.4 is 10.2 Å². The molecule has 0 aliphatic rings. The largest absolute Gasteiger partial charge is 2.00 e. The van der Waals surface area contributed by atoms with E-state index in [-0.39, 0.29) is 35.3 Å². The first-order valence-electron chi connectivity index (χ1n) is 15.2. The van der Waals surface area contributed by atoms with Crippen LogP contribution in [0, 0.1) is 0 Å². The Morgan fingerprint density at radius 2 is 0.932 bits per heavy atom. The summed E-state index contributed by atoms with van der Waals surface area (Å²) in [6.45, 7) is 19.5. The third-order valence-corrected chi connectivity index (χ3v) is 7.66.